The molecule has 0 aliphatic carbocycles. The number of nitrogens with zero attached hydrogens (tertiary/aromatic N) is 3. The molecule has 2 aromatic rings. The minimum absolute atomic E-state index is 0.0134. The van der Waals surface area contributed by atoms with Crippen molar-refractivity contribution in [3.63, 3.8) is 0 Å². The molecular formula is C19H27N5O2. The van der Waals surface area contributed by atoms with Crippen LogP contribution in [0.2, 0.25) is 0 Å². The number of aromatic nitrogens is 2. The van der Waals surface area contributed by atoms with Gasteiger partial charge in [-0.3, -0.25) is 9.69 Å². The van der Waals surface area contributed by atoms with E-state index in [1.54, 1.807) is 7.05 Å². The third-order valence-electron chi connectivity index (χ3n) is 4.71. The number of rotatable bonds is 6. The zero-order valence-electron chi connectivity index (χ0n) is 15.7. The SMILES string of the molecule is CNC(=O)c1nc(CN2CCC[C@@H](Nc3ccc(C(C)C)cc3)C2)no1. The van der Waals surface area contributed by atoms with Crippen LogP contribution in [0.25, 0.3) is 0 Å². The Kier molecular flexibility index (Phi) is 5.88. The number of hydrogen-bond donors (Lipinski definition) is 2. The molecule has 1 aromatic carbocycles. The fourth-order valence-corrected chi connectivity index (χ4v) is 3.23. The van der Waals surface area contributed by atoms with Crippen molar-refractivity contribution in [1.29, 1.82) is 0 Å². The molecule has 3 rings (SSSR count). The molecule has 2 heterocycles. The minimum Gasteiger partial charge on any atom is -0.381 e. The highest BCUT2D eigenvalue weighted by Gasteiger charge is 2.22. The summed E-state index contributed by atoms with van der Waals surface area (Å²) in [6.07, 6.45) is 2.25. The van der Waals surface area contributed by atoms with Crippen molar-refractivity contribution < 1.29 is 9.32 Å². The van der Waals surface area contributed by atoms with E-state index >= 15 is 0 Å². The van der Waals surface area contributed by atoms with Gasteiger partial charge in [-0.15, -0.1) is 0 Å². The van der Waals surface area contributed by atoms with E-state index in [2.05, 4.69) is 63.8 Å². The molecule has 1 fully saturated rings. The second-order valence-corrected chi connectivity index (χ2v) is 7.09. The van der Waals surface area contributed by atoms with E-state index in [4.69, 9.17) is 4.52 Å². The van der Waals surface area contributed by atoms with Crippen molar-refractivity contribution in [2.75, 3.05) is 25.5 Å². The highest BCUT2D eigenvalue weighted by Crippen LogP contribution is 2.20. The summed E-state index contributed by atoms with van der Waals surface area (Å²) >= 11 is 0. The molecule has 0 spiro atoms. The normalized spacial score (nSPS) is 18.1. The quantitative estimate of drug-likeness (QED) is 0.827. The predicted octanol–water partition coefficient (Wildman–Crippen LogP) is 2.63. The molecule has 26 heavy (non-hydrogen) atoms. The smallest absolute Gasteiger partial charge is 0.315 e. The standard InChI is InChI=1S/C19H27N5O2/c1-13(2)14-6-8-15(9-7-14)21-16-5-4-10-24(11-16)12-17-22-19(26-23-17)18(25)20-3/h6-9,13,16,21H,4-5,10-12H2,1-3H3,(H,20,25)/t16-/m1/s1. The van der Waals surface area contributed by atoms with Crippen molar-refractivity contribution in [3.8, 4) is 0 Å². The predicted molar refractivity (Wildman–Crippen MR) is 100 cm³/mol. The molecular weight excluding hydrogens is 330 g/mol. The van der Waals surface area contributed by atoms with Gasteiger partial charge in [0.1, 0.15) is 0 Å². The van der Waals surface area contributed by atoms with Gasteiger partial charge >= 0.3 is 11.8 Å². The molecule has 1 aromatic heterocycles. The highest BCUT2D eigenvalue weighted by atomic mass is 16.5. The van der Waals surface area contributed by atoms with Gasteiger partial charge in [-0.05, 0) is 43.0 Å². The lowest BCUT2D eigenvalue weighted by molar-refractivity contribution is 0.0919. The Bertz CT molecular complexity index is 726. The third-order valence-corrected chi connectivity index (χ3v) is 4.71. The molecule has 2 N–H and O–H groups in total. The first-order valence-electron chi connectivity index (χ1n) is 9.18. The molecule has 7 nitrogen and oxygen atoms in total. The Hall–Kier alpha value is -2.41. The Morgan fingerprint density at radius 2 is 2.12 bits per heavy atom. The molecule has 1 saturated heterocycles. The zero-order valence-corrected chi connectivity index (χ0v) is 15.7. The maximum atomic E-state index is 11.5. The van der Waals surface area contributed by atoms with Crippen molar-refractivity contribution in [3.05, 3.63) is 41.5 Å². The average Bonchev–Trinajstić information content (AvgIpc) is 3.10. The Labute approximate surface area is 154 Å². The van der Waals surface area contributed by atoms with Crippen LogP contribution in [-0.2, 0) is 6.54 Å². The van der Waals surface area contributed by atoms with Crippen LogP contribution in [0.5, 0.6) is 0 Å². The van der Waals surface area contributed by atoms with Crippen LogP contribution in [0.15, 0.2) is 28.8 Å². The summed E-state index contributed by atoms with van der Waals surface area (Å²) in [5.74, 6) is 0.751. The van der Waals surface area contributed by atoms with E-state index in [1.165, 1.54) is 5.56 Å². The van der Waals surface area contributed by atoms with E-state index < -0.39 is 0 Å². The van der Waals surface area contributed by atoms with E-state index in [1.807, 2.05) is 0 Å². The first-order valence-corrected chi connectivity index (χ1v) is 9.18. The number of carbonyl (C=O) groups excluding carboxylic acids is 1. The number of amides is 1. The summed E-state index contributed by atoms with van der Waals surface area (Å²) in [6.45, 7) is 6.90. The number of carbonyl (C=O) groups is 1. The third kappa shape index (κ3) is 4.60. The van der Waals surface area contributed by atoms with E-state index in [0.29, 0.717) is 24.3 Å². The summed E-state index contributed by atoms with van der Waals surface area (Å²) in [7, 11) is 1.54. The van der Waals surface area contributed by atoms with E-state index in [9.17, 15) is 4.79 Å². The second kappa shape index (κ2) is 8.31. The molecule has 1 atom stereocenters. The topological polar surface area (TPSA) is 83.3 Å². The Morgan fingerprint density at radius 3 is 2.81 bits per heavy atom. The second-order valence-electron chi connectivity index (χ2n) is 7.09. The highest BCUT2D eigenvalue weighted by molar-refractivity contribution is 5.89. The van der Waals surface area contributed by atoms with Gasteiger partial charge in [0.15, 0.2) is 5.82 Å². The van der Waals surface area contributed by atoms with Gasteiger partial charge in [-0.1, -0.05) is 31.1 Å². The zero-order chi connectivity index (χ0) is 18.5. The van der Waals surface area contributed by atoms with Crippen molar-refractivity contribution in [2.45, 2.75) is 45.2 Å². The fourth-order valence-electron chi connectivity index (χ4n) is 3.23. The first-order chi connectivity index (χ1) is 12.5. The number of anilines is 1. The molecule has 1 aliphatic heterocycles. The molecule has 140 valence electrons. The minimum atomic E-state index is -0.355. The fraction of sp³-hybridized carbons (Fsp3) is 0.526. The van der Waals surface area contributed by atoms with Crippen LogP contribution in [-0.4, -0.2) is 47.1 Å². The number of likely N-dealkylation sites (tertiary alicyclic amines) is 1. The first kappa shape index (κ1) is 18.4. The summed E-state index contributed by atoms with van der Waals surface area (Å²) in [4.78, 5) is 18.0. The van der Waals surface area contributed by atoms with Gasteiger partial charge < -0.3 is 15.2 Å². The summed E-state index contributed by atoms with van der Waals surface area (Å²) in [5.41, 5.74) is 2.51. The van der Waals surface area contributed by atoms with Crippen molar-refractivity contribution in [2.24, 2.45) is 0 Å². The van der Waals surface area contributed by atoms with Gasteiger partial charge in [0.25, 0.3) is 0 Å². The number of nitrogens with one attached hydrogen (secondary N) is 2. The molecule has 0 radical (unpaired) electrons. The largest absolute Gasteiger partial charge is 0.381 e. The molecule has 0 saturated carbocycles. The maximum absolute atomic E-state index is 11.5. The molecule has 1 amide bonds. The lowest BCUT2D eigenvalue weighted by atomic mass is 10.0. The summed E-state index contributed by atoms with van der Waals surface area (Å²) in [6, 6.07) is 9.08. The monoisotopic (exact) mass is 357 g/mol. The van der Waals surface area contributed by atoms with Gasteiger partial charge in [0, 0.05) is 25.3 Å². The van der Waals surface area contributed by atoms with Crippen LogP contribution in [0.3, 0.4) is 0 Å². The number of piperidine rings is 1. The maximum Gasteiger partial charge on any atom is 0.315 e. The van der Waals surface area contributed by atoms with Crippen LogP contribution in [0.4, 0.5) is 5.69 Å². The molecule has 7 heteroatoms. The van der Waals surface area contributed by atoms with Gasteiger partial charge in [-0.2, -0.15) is 4.98 Å². The molecule has 0 bridgehead atoms. The van der Waals surface area contributed by atoms with Gasteiger partial charge in [-0.25, -0.2) is 0 Å². The van der Waals surface area contributed by atoms with Gasteiger partial charge in [0.05, 0.1) is 6.54 Å². The summed E-state index contributed by atoms with van der Waals surface area (Å²) < 4.78 is 5.00. The Morgan fingerprint density at radius 1 is 1.35 bits per heavy atom. The lowest BCUT2D eigenvalue weighted by Crippen LogP contribution is -2.41. The van der Waals surface area contributed by atoms with Crippen molar-refractivity contribution in [1.82, 2.24) is 20.4 Å². The van der Waals surface area contributed by atoms with Crippen LogP contribution >= 0.6 is 0 Å². The van der Waals surface area contributed by atoms with Crippen LogP contribution in [0, 0.1) is 0 Å². The van der Waals surface area contributed by atoms with Crippen LogP contribution < -0.4 is 10.6 Å². The summed E-state index contributed by atoms with van der Waals surface area (Å²) in [5, 5.41) is 10.0. The van der Waals surface area contributed by atoms with E-state index in [-0.39, 0.29) is 11.8 Å². The van der Waals surface area contributed by atoms with E-state index in [0.717, 1.165) is 31.6 Å². The lowest BCUT2D eigenvalue weighted by Gasteiger charge is -2.32. The Balaban J connectivity index is 1.55. The van der Waals surface area contributed by atoms with Crippen molar-refractivity contribution >= 4 is 11.6 Å². The number of benzene rings is 1. The van der Waals surface area contributed by atoms with Gasteiger partial charge in [0.2, 0.25) is 0 Å². The van der Waals surface area contributed by atoms with Crippen LogP contribution in [0.1, 0.15) is 54.7 Å². The number of hydrogen-bond acceptors (Lipinski definition) is 6. The molecule has 1 aliphatic rings. The molecule has 0 unspecified atom stereocenters. The average molecular weight is 357 g/mol.